The lowest BCUT2D eigenvalue weighted by atomic mass is 9.86. The van der Waals surface area contributed by atoms with Crippen LogP contribution in [0.5, 0.6) is 0 Å². The molecule has 2 aliphatic rings. The molecule has 3 heterocycles. The Kier molecular flexibility index (Phi) is 3.28. The molecule has 2 aromatic rings. The fourth-order valence-electron chi connectivity index (χ4n) is 3.74. The molecule has 4 nitrogen and oxygen atoms in total. The second kappa shape index (κ2) is 5.28. The first kappa shape index (κ1) is 13.0. The molecule has 1 aromatic heterocycles. The third-order valence-corrected chi connectivity index (χ3v) is 4.96. The monoisotopic (exact) mass is 282 g/mol. The lowest BCUT2D eigenvalue weighted by Crippen LogP contribution is -2.28. The summed E-state index contributed by atoms with van der Waals surface area (Å²) in [6.45, 7) is 5.97. The van der Waals surface area contributed by atoms with Crippen LogP contribution in [-0.4, -0.2) is 40.9 Å². The van der Waals surface area contributed by atoms with E-state index in [0.717, 1.165) is 12.2 Å². The summed E-state index contributed by atoms with van der Waals surface area (Å²) in [6, 6.07) is 10.7. The number of hydrogen-bond donors (Lipinski definition) is 1. The van der Waals surface area contributed by atoms with E-state index in [4.69, 9.17) is 0 Å². The van der Waals surface area contributed by atoms with Gasteiger partial charge in [0, 0.05) is 32.0 Å². The van der Waals surface area contributed by atoms with Gasteiger partial charge in [-0.2, -0.15) is 5.10 Å². The normalized spacial score (nSPS) is 25.9. The summed E-state index contributed by atoms with van der Waals surface area (Å²) in [5, 5.41) is 7.79. The average molecular weight is 282 g/mol. The van der Waals surface area contributed by atoms with Crippen molar-refractivity contribution in [3.63, 3.8) is 0 Å². The maximum Gasteiger partial charge on any atom is 0.0645 e. The Morgan fingerprint density at radius 2 is 2.10 bits per heavy atom. The number of aromatic nitrogens is 2. The van der Waals surface area contributed by atoms with Gasteiger partial charge in [0.1, 0.15) is 0 Å². The Morgan fingerprint density at radius 3 is 2.81 bits per heavy atom. The highest BCUT2D eigenvalue weighted by Crippen LogP contribution is 2.36. The summed E-state index contributed by atoms with van der Waals surface area (Å²) in [6.07, 6.45) is 6.49. The van der Waals surface area contributed by atoms with Crippen LogP contribution in [0.25, 0.3) is 5.69 Å². The summed E-state index contributed by atoms with van der Waals surface area (Å²) in [5.74, 6) is 0. The number of likely N-dealkylation sites (tertiary alicyclic amines) is 1. The highest BCUT2D eigenvalue weighted by Gasteiger charge is 2.39. The SMILES string of the molecule is c1cnn(-c2ccc(CN3CCC4(CCNC4)C3)cc2)c1. The van der Waals surface area contributed by atoms with Gasteiger partial charge in [-0.15, -0.1) is 0 Å². The van der Waals surface area contributed by atoms with Crippen LogP contribution in [0.15, 0.2) is 42.7 Å². The van der Waals surface area contributed by atoms with E-state index in [2.05, 4.69) is 39.6 Å². The molecule has 0 bridgehead atoms. The second-order valence-corrected chi connectivity index (χ2v) is 6.50. The quantitative estimate of drug-likeness (QED) is 0.935. The maximum absolute atomic E-state index is 4.27. The van der Waals surface area contributed by atoms with E-state index in [1.165, 1.54) is 44.6 Å². The summed E-state index contributed by atoms with van der Waals surface area (Å²) in [5.41, 5.74) is 3.09. The number of nitrogens with one attached hydrogen (secondary N) is 1. The molecule has 0 aliphatic carbocycles. The molecule has 2 fully saturated rings. The van der Waals surface area contributed by atoms with Crippen molar-refractivity contribution in [3.05, 3.63) is 48.3 Å². The Morgan fingerprint density at radius 1 is 1.19 bits per heavy atom. The fraction of sp³-hybridized carbons (Fsp3) is 0.471. The molecule has 110 valence electrons. The fourth-order valence-corrected chi connectivity index (χ4v) is 3.74. The molecular weight excluding hydrogens is 260 g/mol. The summed E-state index contributed by atoms with van der Waals surface area (Å²) >= 11 is 0. The molecule has 1 unspecified atom stereocenters. The van der Waals surface area contributed by atoms with Crippen molar-refractivity contribution in [1.29, 1.82) is 0 Å². The van der Waals surface area contributed by atoms with Gasteiger partial charge in [0.2, 0.25) is 0 Å². The third-order valence-electron chi connectivity index (χ3n) is 4.96. The van der Waals surface area contributed by atoms with Gasteiger partial charge in [-0.05, 0) is 55.1 Å². The van der Waals surface area contributed by atoms with Gasteiger partial charge in [-0.1, -0.05) is 12.1 Å². The predicted molar refractivity (Wildman–Crippen MR) is 83.4 cm³/mol. The molecule has 1 N–H and O–H groups in total. The predicted octanol–water partition coefficient (Wildman–Crippen LogP) is 2.06. The number of benzene rings is 1. The van der Waals surface area contributed by atoms with Gasteiger partial charge in [-0.25, -0.2) is 4.68 Å². The minimum atomic E-state index is 0.564. The van der Waals surface area contributed by atoms with Gasteiger partial charge < -0.3 is 5.32 Å². The van der Waals surface area contributed by atoms with Crippen LogP contribution in [0.3, 0.4) is 0 Å². The molecule has 21 heavy (non-hydrogen) atoms. The Bertz CT molecular complexity index is 582. The smallest absolute Gasteiger partial charge is 0.0645 e. The molecule has 0 radical (unpaired) electrons. The average Bonchev–Trinajstić information content (AvgIpc) is 3.25. The van der Waals surface area contributed by atoms with E-state index >= 15 is 0 Å². The van der Waals surface area contributed by atoms with Gasteiger partial charge >= 0.3 is 0 Å². The minimum absolute atomic E-state index is 0.564. The van der Waals surface area contributed by atoms with E-state index in [1.54, 1.807) is 0 Å². The number of nitrogens with zero attached hydrogens (tertiary/aromatic N) is 3. The van der Waals surface area contributed by atoms with Crippen LogP contribution in [0.2, 0.25) is 0 Å². The zero-order valence-electron chi connectivity index (χ0n) is 12.3. The Labute approximate surface area is 125 Å². The van der Waals surface area contributed by atoms with Crippen LogP contribution in [0.4, 0.5) is 0 Å². The largest absolute Gasteiger partial charge is 0.316 e. The van der Waals surface area contributed by atoms with E-state index < -0.39 is 0 Å². The van der Waals surface area contributed by atoms with Crippen molar-refractivity contribution >= 4 is 0 Å². The first-order valence-electron chi connectivity index (χ1n) is 7.85. The Balaban J connectivity index is 1.41. The van der Waals surface area contributed by atoms with Crippen molar-refractivity contribution in [3.8, 4) is 5.69 Å². The molecule has 0 saturated carbocycles. The second-order valence-electron chi connectivity index (χ2n) is 6.50. The maximum atomic E-state index is 4.27. The van der Waals surface area contributed by atoms with Gasteiger partial charge in [0.25, 0.3) is 0 Å². The van der Waals surface area contributed by atoms with Crippen LogP contribution < -0.4 is 5.32 Å². The first-order chi connectivity index (χ1) is 10.3. The molecule has 0 amide bonds. The minimum Gasteiger partial charge on any atom is -0.316 e. The lowest BCUT2D eigenvalue weighted by molar-refractivity contribution is 0.268. The topological polar surface area (TPSA) is 33.1 Å². The van der Waals surface area contributed by atoms with Crippen molar-refractivity contribution in [1.82, 2.24) is 20.0 Å². The highest BCUT2D eigenvalue weighted by molar-refractivity contribution is 5.33. The molecule has 2 saturated heterocycles. The molecule has 1 atom stereocenters. The standard InChI is InChI=1S/C17H22N4/c1-8-19-21(10-1)16-4-2-15(3-5-16)12-20-11-7-17(14-20)6-9-18-13-17/h1-5,8,10,18H,6-7,9,11-14H2. The van der Waals surface area contributed by atoms with Crippen LogP contribution >= 0.6 is 0 Å². The molecule has 4 rings (SSSR count). The van der Waals surface area contributed by atoms with E-state index in [9.17, 15) is 0 Å². The van der Waals surface area contributed by atoms with Gasteiger partial charge in [0.05, 0.1) is 5.69 Å². The molecule has 1 spiro atoms. The molecular formula is C17H22N4. The number of hydrogen-bond acceptors (Lipinski definition) is 3. The first-order valence-corrected chi connectivity index (χ1v) is 7.85. The van der Waals surface area contributed by atoms with E-state index in [0.29, 0.717) is 5.41 Å². The summed E-state index contributed by atoms with van der Waals surface area (Å²) < 4.78 is 1.90. The summed E-state index contributed by atoms with van der Waals surface area (Å²) in [4.78, 5) is 2.61. The van der Waals surface area contributed by atoms with Crippen molar-refractivity contribution in [2.45, 2.75) is 19.4 Å². The van der Waals surface area contributed by atoms with Crippen molar-refractivity contribution in [2.75, 3.05) is 26.2 Å². The van der Waals surface area contributed by atoms with Crippen LogP contribution in [0.1, 0.15) is 18.4 Å². The van der Waals surface area contributed by atoms with Crippen LogP contribution in [-0.2, 0) is 6.54 Å². The lowest BCUT2D eigenvalue weighted by Gasteiger charge is -2.22. The third kappa shape index (κ3) is 2.61. The zero-order valence-corrected chi connectivity index (χ0v) is 12.3. The number of rotatable bonds is 3. The molecule has 1 aromatic carbocycles. The zero-order chi connectivity index (χ0) is 14.1. The molecule has 4 heteroatoms. The molecule has 2 aliphatic heterocycles. The van der Waals surface area contributed by atoms with Crippen molar-refractivity contribution in [2.24, 2.45) is 5.41 Å². The van der Waals surface area contributed by atoms with Gasteiger partial charge in [-0.3, -0.25) is 4.90 Å². The van der Waals surface area contributed by atoms with Crippen LogP contribution in [0, 0.1) is 5.41 Å². The van der Waals surface area contributed by atoms with Crippen molar-refractivity contribution < 1.29 is 0 Å². The Hall–Kier alpha value is -1.65. The van der Waals surface area contributed by atoms with E-state index in [1.807, 2.05) is 23.1 Å². The van der Waals surface area contributed by atoms with E-state index in [-0.39, 0.29) is 0 Å². The highest BCUT2D eigenvalue weighted by atomic mass is 15.3. The van der Waals surface area contributed by atoms with Gasteiger partial charge in [0.15, 0.2) is 0 Å². The summed E-state index contributed by atoms with van der Waals surface area (Å²) in [7, 11) is 0.